The number of carbonyl (C=O) groups is 2. The second-order valence-corrected chi connectivity index (χ2v) is 8.82. The molecule has 9 nitrogen and oxygen atoms in total. The van der Waals surface area contributed by atoms with Crippen LogP contribution in [0.3, 0.4) is 0 Å². The number of amides is 2. The van der Waals surface area contributed by atoms with Crippen molar-refractivity contribution in [3.8, 4) is 0 Å². The van der Waals surface area contributed by atoms with Crippen LogP contribution >= 0.6 is 0 Å². The molecule has 170 valence electrons. The number of carbonyl (C=O) groups excluding carboxylic acids is 2. The van der Waals surface area contributed by atoms with Gasteiger partial charge in [-0.05, 0) is 43.3 Å². The first-order valence-electron chi connectivity index (χ1n) is 9.86. The molecule has 2 heterocycles. The van der Waals surface area contributed by atoms with Gasteiger partial charge >= 0.3 is 0 Å². The SMILES string of the molecule is Cc1occc1C(=O)Nc1cc(NC(=O)CCN=C2NS(=O)(=O)c3ccccc32)ccc1F. The monoisotopic (exact) mass is 470 g/mol. The molecular formula is C22H19FN4O5S. The molecule has 3 N–H and O–H groups in total. The average molecular weight is 470 g/mol. The molecule has 4 rings (SSSR count). The summed E-state index contributed by atoms with van der Waals surface area (Å²) in [5.74, 6) is -1.05. The third-order valence-corrected chi connectivity index (χ3v) is 6.27. The van der Waals surface area contributed by atoms with Gasteiger partial charge in [0.1, 0.15) is 17.4 Å². The average Bonchev–Trinajstić information content (AvgIpc) is 3.31. The van der Waals surface area contributed by atoms with E-state index in [1.54, 1.807) is 25.1 Å². The Bertz CT molecular complexity index is 1380. The van der Waals surface area contributed by atoms with E-state index >= 15 is 0 Å². The summed E-state index contributed by atoms with van der Waals surface area (Å²) in [5, 5.41) is 5.06. The number of hydrogen-bond acceptors (Lipinski definition) is 6. The van der Waals surface area contributed by atoms with Crippen LogP contribution in [0.15, 0.2) is 69.1 Å². The van der Waals surface area contributed by atoms with Crippen LogP contribution in [-0.2, 0) is 14.8 Å². The van der Waals surface area contributed by atoms with Crippen LogP contribution in [0.4, 0.5) is 15.8 Å². The minimum absolute atomic E-state index is 0.0303. The van der Waals surface area contributed by atoms with Gasteiger partial charge < -0.3 is 15.1 Å². The number of halogens is 1. The van der Waals surface area contributed by atoms with Crippen LogP contribution in [0.1, 0.15) is 28.1 Å². The first kappa shape index (κ1) is 22.2. The van der Waals surface area contributed by atoms with Crippen LogP contribution in [0.2, 0.25) is 0 Å². The molecule has 0 aliphatic carbocycles. The van der Waals surface area contributed by atoms with Crippen molar-refractivity contribution in [2.45, 2.75) is 18.2 Å². The zero-order valence-electron chi connectivity index (χ0n) is 17.4. The number of aliphatic imine (C=N–C) groups is 1. The third kappa shape index (κ3) is 4.77. The molecule has 0 fully saturated rings. The zero-order valence-corrected chi connectivity index (χ0v) is 18.2. The van der Waals surface area contributed by atoms with Crippen LogP contribution < -0.4 is 15.4 Å². The third-order valence-electron chi connectivity index (χ3n) is 4.87. The van der Waals surface area contributed by atoms with Crippen molar-refractivity contribution in [1.29, 1.82) is 0 Å². The fourth-order valence-corrected chi connectivity index (χ4v) is 4.50. The molecule has 2 aromatic carbocycles. The van der Waals surface area contributed by atoms with Gasteiger partial charge in [0.25, 0.3) is 15.9 Å². The molecular weight excluding hydrogens is 451 g/mol. The largest absolute Gasteiger partial charge is 0.469 e. The lowest BCUT2D eigenvalue weighted by molar-refractivity contribution is -0.116. The summed E-state index contributed by atoms with van der Waals surface area (Å²) in [6, 6.07) is 11.7. The van der Waals surface area contributed by atoms with Crippen molar-refractivity contribution in [1.82, 2.24) is 4.72 Å². The van der Waals surface area contributed by atoms with E-state index in [1.807, 2.05) is 0 Å². The van der Waals surface area contributed by atoms with Gasteiger partial charge in [-0.2, -0.15) is 0 Å². The number of hydrogen-bond donors (Lipinski definition) is 3. The summed E-state index contributed by atoms with van der Waals surface area (Å²) < 4.78 is 45.8. The summed E-state index contributed by atoms with van der Waals surface area (Å²) >= 11 is 0. The standard InChI is InChI=1S/C22H19FN4O5S/c1-13-15(9-11-32-13)22(29)26-18-12-14(6-7-17(18)23)25-20(28)8-10-24-21-16-4-2-3-5-19(16)33(30,31)27-21/h2-7,9,11-12H,8,10H2,1H3,(H,24,27)(H,25,28)(H,26,29). The molecule has 0 bridgehead atoms. The Hall–Kier alpha value is -3.99. The molecule has 3 aromatic rings. The second-order valence-electron chi connectivity index (χ2n) is 7.17. The van der Waals surface area contributed by atoms with E-state index in [0.29, 0.717) is 11.3 Å². The molecule has 2 amide bonds. The maximum absolute atomic E-state index is 14.1. The van der Waals surface area contributed by atoms with Gasteiger partial charge in [-0.25, -0.2) is 12.8 Å². The van der Waals surface area contributed by atoms with Crippen molar-refractivity contribution in [3.63, 3.8) is 0 Å². The Morgan fingerprint density at radius 1 is 1.12 bits per heavy atom. The fraction of sp³-hybridized carbons (Fsp3) is 0.136. The molecule has 0 spiro atoms. The number of sulfonamides is 1. The summed E-state index contributed by atoms with van der Waals surface area (Å²) in [6.45, 7) is 1.64. The van der Waals surface area contributed by atoms with E-state index in [1.165, 1.54) is 30.5 Å². The highest BCUT2D eigenvalue weighted by Gasteiger charge is 2.29. The molecule has 1 aromatic heterocycles. The number of rotatable bonds is 6. The van der Waals surface area contributed by atoms with Gasteiger partial charge in [-0.15, -0.1) is 0 Å². The fourth-order valence-electron chi connectivity index (χ4n) is 3.25. The minimum atomic E-state index is -3.65. The van der Waals surface area contributed by atoms with E-state index in [2.05, 4.69) is 20.3 Å². The topological polar surface area (TPSA) is 130 Å². The maximum atomic E-state index is 14.1. The van der Waals surface area contributed by atoms with Gasteiger partial charge in [0.15, 0.2) is 0 Å². The normalized spacial score (nSPS) is 15.0. The Balaban J connectivity index is 1.38. The number of nitrogens with one attached hydrogen (secondary N) is 3. The lowest BCUT2D eigenvalue weighted by Gasteiger charge is -2.09. The van der Waals surface area contributed by atoms with E-state index < -0.39 is 27.7 Å². The minimum Gasteiger partial charge on any atom is -0.469 e. The number of fused-ring (bicyclic) bond motifs is 1. The quantitative estimate of drug-likeness (QED) is 0.510. The van der Waals surface area contributed by atoms with Crippen molar-refractivity contribution in [3.05, 3.63) is 77.5 Å². The number of furan rings is 1. The number of amidine groups is 1. The van der Waals surface area contributed by atoms with E-state index in [4.69, 9.17) is 4.42 Å². The van der Waals surface area contributed by atoms with E-state index in [9.17, 15) is 22.4 Å². The number of nitrogens with zero attached hydrogens (tertiary/aromatic N) is 1. The lowest BCUT2D eigenvalue weighted by Crippen LogP contribution is -2.23. The molecule has 0 unspecified atom stereocenters. The Morgan fingerprint density at radius 2 is 1.91 bits per heavy atom. The van der Waals surface area contributed by atoms with Crippen LogP contribution in [0, 0.1) is 12.7 Å². The number of anilines is 2. The Morgan fingerprint density at radius 3 is 2.67 bits per heavy atom. The second kappa shape index (κ2) is 8.87. The smallest absolute Gasteiger partial charge is 0.263 e. The van der Waals surface area contributed by atoms with Gasteiger partial charge in [0.2, 0.25) is 5.91 Å². The number of benzene rings is 2. The molecule has 11 heteroatoms. The van der Waals surface area contributed by atoms with Crippen molar-refractivity contribution >= 4 is 39.0 Å². The van der Waals surface area contributed by atoms with Crippen molar-refractivity contribution < 1.29 is 26.8 Å². The van der Waals surface area contributed by atoms with E-state index in [-0.39, 0.29) is 40.6 Å². The first-order chi connectivity index (χ1) is 15.7. The molecule has 1 aliphatic heterocycles. The van der Waals surface area contributed by atoms with Gasteiger partial charge in [0.05, 0.1) is 29.0 Å². The lowest BCUT2D eigenvalue weighted by atomic mass is 10.2. The molecule has 0 radical (unpaired) electrons. The molecule has 1 aliphatic rings. The van der Waals surface area contributed by atoms with Crippen LogP contribution in [-0.4, -0.2) is 32.6 Å². The summed E-state index contributed by atoms with van der Waals surface area (Å²) in [4.78, 5) is 28.9. The summed E-state index contributed by atoms with van der Waals surface area (Å²) in [5.41, 5.74) is 0.896. The summed E-state index contributed by atoms with van der Waals surface area (Å²) in [7, 11) is -3.65. The van der Waals surface area contributed by atoms with Gasteiger partial charge in [-0.1, -0.05) is 12.1 Å². The van der Waals surface area contributed by atoms with Crippen molar-refractivity contribution in [2.24, 2.45) is 4.99 Å². The van der Waals surface area contributed by atoms with Crippen LogP contribution in [0.25, 0.3) is 0 Å². The van der Waals surface area contributed by atoms with Gasteiger partial charge in [0, 0.05) is 17.7 Å². The van der Waals surface area contributed by atoms with Crippen molar-refractivity contribution in [2.75, 3.05) is 17.2 Å². The Labute approximate surface area is 188 Å². The summed E-state index contributed by atoms with van der Waals surface area (Å²) in [6.07, 6.45) is 1.32. The highest BCUT2D eigenvalue weighted by molar-refractivity contribution is 7.90. The Kier molecular flexibility index (Phi) is 5.97. The molecule has 33 heavy (non-hydrogen) atoms. The maximum Gasteiger partial charge on any atom is 0.263 e. The van der Waals surface area contributed by atoms with E-state index in [0.717, 1.165) is 6.07 Å². The molecule has 0 saturated heterocycles. The predicted molar refractivity (Wildman–Crippen MR) is 119 cm³/mol. The zero-order chi connectivity index (χ0) is 23.6. The van der Waals surface area contributed by atoms with Crippen LogP contribution in [0.5, 0.6) is 0 Å². The predicted octanol–water partition coefficient (Wildman–Crippen LogP) is 3.05. The molecule has 0 saturated carbocycles. The number of aryl methyl sites for hydroxylation is 1. The highest BCUT2D eigenvalue weighted by Crippen LogP contribution is 2.23. The van der Waals surface area contributed by atoms with Gasteiger partial charge in [-0.3, -0.25) is 19.3 Å². The molecule has 0 atom stereocenters. The highest BCUT2D eigenvalue weighted by atomic mass is 32.2. The first-order valence-corrected chi connectivity index (χ1v) is 11.3.